The molecule has 7 heteroatoms. The number of nitrogens with zero attached hydrogens (tertiary/aromatic N) is 3. The zero-order valence-electron chi connectivity index (χ0n) is 13.6. The number of carbonyl (C=O) groups excluding carboxylic acids is 1. The number of thioether (sulfide) groups is 1. The lowest BCUT2D eigenvalue weighted by molar-refractivity contribution is 0.0767. The molecule has 24 heavy (non-hydrogen) atoms. The maximum absolute atomic E-state index is 12.7. The Bertz CT molecular complexity index is 726. The highest BCUT2D eigenvalue weighted by Crippen LogP contribution is 2.24. The highest BCUT2D eigenvalue weighted by atomic mass is 32.2. The van der Waals surface area contributed by atoms with E-state index in [0.717, 1.165) is 16.9 Å². The third-order valence-electron chi connectivity index (χ3n) is 3.86. The van der Waals surface area contributed by atoms with Gasteiger partial charge in [-0.15, -0.1) is 11.8 Å². The summed E-state index contributed by atoms with van der Waals surface area (Å²) in [5.74, 6) is 0.869. The summed E-state index contributed by atoms with van der Waals surface area (Å²) in [5, 5.41) is 0. The van der Waals surface area contributed by atoms with Crippen molar-refractivity contribution in [3.05, 3.63) is 42.2 Å². The minimum absolute atomic E-state index is 0.0442. The Morgan fingerprint density at radius 1 is 1.29 bits per heavy atom. The minimum atomic E-state index is -0.0863. The molecule has 0 aliphatic carbocycles. The van der Waals surface area contributed by atoms with Crippen LogP contribution < -0.4 is 9.47 Å². The van der Waals surface area contributed by atoms with Crippen molar-refractivity contribution in [2.24, 2.45) is 0 Å². The molecule has 3 rings (SSSR count). The monoisotopic (exact) mass is 345 g/mol. The summed E-state index contributed by atoms with van der Waals surface area (Å²) in [5.41, 5.74) is 0.742. The summed E-state index contributed by atoms with van der Waals surface area (Å²) >= 11 is 1.58. The number of hydrogen-bond acceptors (Lipinski definition) is 6. The summed E-state index contributed by atoms with van der Waals surface area (Å²) in [7, 11) is 1.53. The van der Waals surface area contributed by atoms with Gasteiger partial charge in [0.2, 0.25) is 11.8 Å². The van der Waals surface area contributed by atoms with Crippen LogP contribution in [0.15, 0.2) is 41.6 Å². The third kappa shape index (κ3) is 3.62. The maximum Gasteiger partial charge on any atom is 0.255 e. The molecule has 1 aromatic carbocycles. The van der Waals surface area contributed by atoms with Crippen molar-refractivity contribution in [3.8, 4) is 11.8 Å². The topological polar surface area (TPSA) is 64.6 Å². The van der Waals surface area contributed by atoms with Crippen LogP contribution in [0.1, 0.15) is 16.8 Å². The fraction of sp³-hybridized carbons (Fsp3) is 0.353. The lowest BCUT2D eigenvalue weighted by Gasteiger charge is -2.18. The first-order valence-electron chi connectivity index (χ1n) is 7.66. The van der Waals surface area contributed by atoms with Crippen molar-refractivity contribution in [2.45, 2.75) is 17.4 Å². The second-order valence-electron chi connectivity index (χ2n) is 5.38. The Morgan fingerprint density at radius 2 is 2.08 bits per heavy atom. The van der Waals surface area contributed by atoms with Crippen molar-refractivity contribution in [1.82, 2.24) is 14.9 Å². The van der Waals surface area contributed by atoms with Crippen LogP contribution in [0.4, 0.5) is 0 Å². The number of ether oxygens (including phenoxy) is 2. The number of aromatic nitrogens is 2. The summed E-state index contributed by atoms with van der Waals surface area (Å²) in [4.78, 5) is 23.8. The van der Waals surface area contributed by atoms with Crippen molar-refractivity contribution in [2.75, 3.05) is 26.5 Å². The predicted octanol–water partition coefficient (Wildman–Crippen LogP) is 2.50. The van der Waals surface area contributed by atoms with Crippen molar-refractivity contribution in [3.63, 3.8) is 0 Å². The molecule has 2 heterocycles. The van der Waals surface area contributed by atoms with Crippen LogP contribution in [0.3, 0.4) is 0 Å². The number of rotatable bonds is 5. The molecule has 1 unspecified atom stereocenters. The van der Waals surface area contributed by atoms with Gasteiger partial charge >= 0.3 is 0 Å². The Kier molecular flexibility index (Phi) is 5.20. The third-order valence-corrected chi connectivity index (χ3v) is 4.65. The first-order chi connectivity index (χ1) is 11.7. The van der Waals surface area contributed by atoms with E-state index in [1.807, 2.05) is 35.4 Å². The first kappa shape index (κ1) is 16.6. The highest BCUT2D eigenvalue weighted by Gasteiger charge is 2.29. The van der Waals surface area contributed by atoms with Crippen molar-refractivity contribution < 1.29 is 14.3 Å². The maximum atomic E-state index is 12.7. The average molecular weight is 345 g/mol. The normalized spacial score (nSPS) is 16.9. The van der Waals surface area contributed by atoms with E-state index < -0.39 is 0 Å². The van der Waals surface area contributed by atoms with Gasteiger partial charge in [-0.3, -0.25) is 9.78 Å². The Balaban J connectivity index is 1.65. The number of hydrogen-bond donors (Lipinski definition) is 0. The Morgan fingerprint density at radius 3 is 2.88 bits per heavy atom. The quantitative estimate of drug-likeness (QED) is 0.776. The van der Waals surface area contributed by atoms with E-state index >= 15 is 0 Å². The van der Waals surface area contributed by atoms with E-state index in [-0.39, 0.29) is 12.0 Å². The smallest absolute Gasteiger partial charge is 0.255 e. The highest BCUT2D eigenvalue weighted by molar-refractivity contribution is 7.98. The molecule has 1 aliphatic rings. The molecule has 126 valence electrons. The standard InChI is InChI=1S/C17H19N3O3S/c1-22-15-9-18-10-16(19-15)23-12-7-8-20(11-12)17(21)13-5-3-4-6-14(13)24-2/h3-6,9-10,12H,7-8,11H2,1-2H3. The van der Waals surface area contributed by atoms with Crippen LogP contribution in [-0.2, 0) is 0 Å². The molecular formula is C17H19N3O3S. The van der Waals surface area contributed by atoms with Gasteiger partial charge in [-0.1, -0.05) is 12.1 Å². The van der Waals surface area contributed by atoms with E-state index in [1.54, 1.807) is 18.0 Å². The van der Waals surface area contributed by atoms with Crippen LogP contribution in [0, 0.1) is 0 Å². The molecule has 1 aliphatic heterocycles. The zero-order chi connectivity index (χ0) is 16.9. The zero-order valence-corrected chi connectivity index (χ0v) is 14.5. The molecule has 1 aromatic heterocycles. The van der Waals surface area contributed by atoms with Crippen LogP contribution in [0.25, 0.3) is 0 Å². The number of likely N-dealkylation sites (tertiary alicyclic amines) is 1. The molecule has 2 aromatic rings. The van der Waals surface area contributed by atoms with Crippen LogP contribution in [0.5, 0.6) is 11.8 Å². The van der Waals surface area contributed by atoms with Crippen molar-refractivity contribution >= 4 is 17.7 Å². The molecule has 0 spiro atoms. The van der Waals surface area contributed by atoms with E-state index in [4.69, 9.17) is 9.47 Å². The van der Waals surface area contributed by atoms with Crippen LogP contribution in [0.2, 0.25) is 0 Å². The van der Waals surface area contributed by atoms with Gasteiger partial charge in [-0.25, -0.2) is 0 Å². The Hall–Kier alpha value is -2.28. The predicted molar refractivity (Wildman–Crippen MR) is 91.7 cm³/mol. The van der Waals surface area contributed by atoms with Crippen LogP contribution >= 0.6 is 11.8 Å². The molecule has 1 atom stereocenters. The fourth-order valence-electron chi connectivity index (χ4n) is 2.66. The van der Waals surface area contributed by atoms with Gasteiger partial charge in [0.15, 0.2) is 0 Å². The van der Waals surface area contributed by atoms with E-state index in [0.29, 0.717) is 24.8 Å². The van der Waals surface area contributed by atoms with Crippen LogP contribution in [-0.4, -0.2) is 53.3 Å². The molecule has 0 saturated carbocycles. The molecular weight excluding hydrogens is 326 g/mol. The van der Waals surface area contributed by atoms with Gasteiger partial charge in [-0.2, -0.15) is 4.98 Å². The summed E-state index contributed by atoms with van der Waals surface area (Å²) in [6.45, 7) is 1.21. The minimum Gasteiger partial charge on any atom is -0.480 e. The molecule has 1 saturated heterocycles. The van der Waals surface area contributed by atoms with Gasteiger partial charge in [-0.05, 0) is 18.4 Å². The molecule has 1 fully saturated rings. The van der Waals surface area contributed by atoms with E-state index in [9.17, 15) is 4.79 Å². The molecule has 0 bridgehead atoms. The lowest BCUT2D eigenvalue weighted by Crippen LogP contribution is -2.31. The molecule has 0 N–H and O–H groups in total. The molecule has 6 nitrogen and oxygen atoms in total. The number of benzene rings is 1. The van der Waals surface area contributed by atoms with Gasteiger partial charge in [0.1, 0.15) is 6.10 Å². The van der Waals surface area contributed by atoms with Gasteiger partial charge in [0.05, 0.1) is 31.6 Å². The second-order valence-corrected chi connectivity index (χ2v) is 6.23. The van der Waals surface area contributed by atoms with Gasteiger partial charge < -0.3 is 14.4 Å². The second kappa shape index (κ2) is 7.53. The number of carbonyl (C=O) groups is 1. The summed E-state index contributed by atoms with van der Waals surface area (Å²) in [6.07, 6.45) is 5.74. The number of methoxy groups -OCH3 is 1. The van der Waals surface area contributed by atoms with E-state index in [1.165, 1.54) is 13.3 Å². The number of amides is 1. The van der Waals surface area contributed by atoms with Gasteiger partial charge in [0, 0.05) is 17.9 Å². The average Bonchev–Trinajstić information content (AvgIpc) is 3.09. The van der Waals surface area contributed by atoms with Gasteiger partial charge in [0.25, 0.3) is 5.91 Å². The first-order valence-corrected chi connectivity index (χ1v) is 8.88. The summed E-state index contributed by atoms with van der Waals surface area (Å²) < 4.78 is 10.9. The largest absolute Gasteiger partial charge is 0.480 e. The molecule has 0 radical (unpaired) electrons. The SMILES string of the molecule is COc1cncc(OC2CCN(C(=O)c3ccccc3SC)C2)n1. The fourth-order valence-corrected chi connectivity index (χ4v) is 3.25. The van der Waals surface area contributed by atoms with E-state index in [2.05, 4.69) is 9.97 Å². The lowest BCUT2D eigenvalue weighted by atomic mass is 10.2. The Labute approximate surface area is 145 Å². The van der Waals surface area contributed by atoms with Crippen molar-refractivity contribution in [1.29, 1.82) is 0 Å². The molecule has 1 amide bonds. The summed E-state index contributed by atoms with van der Waals surface area (Å²) in [6, 6.07) is 7.67.